The van der Waals surface area contributed by atoms with Crippen LogP contribution in [-0.2, 0) is 0 Å². The van der Waals surface area contributed by atoms with Crippen LogP contribution < -0.4 is 0 Å². The number of halogens is 1. The van der Waals surface area contributed by atoms with Crippen LogP contribution in [0, 0.1) is 0 Å². The Morgan fingerprint density at radius 3 is 1.92 bits per heavy atom. The Labute approximate surface area is 94.0 Å². The monoisotopic (exact) mass is 252 g/mol. The highest BCUT2D eigenvalue weighted by Gasteiger charge is 1.86. The van der Waals surface area contributed by atoms with Gasteiger partial charge in [-0.3, -0.25) is 0 Å². The zero-order valence-electron chi connectivity index (χ0n) is 9.09. The maximum Gasteiger partial charge on any atom is 0.0319 e. The molecule has 0 aliphatic heterocycles. The maximum atomic E-state index is 7.00. The van der Waals surface area contributed by atoms with Crippen LogP contribution in [-0.4, -0.2) is 12.2 Å². The van der Waals surface area contributed by atoms with Crippen molar-refractivity contribution in [1.82, 2.24) is 0 Å². The second kappa shape index (κ2) is 22.8. The first-order valence-corrected chi connectivity index (χ1v) is 4.97. The summed E-state index contributed by atoms with van der Waals surface area (Å²) < 4.78 is 0. The zero-order chi connectivity index (χ0) is 9.66. The van der Waals surface area contributed by atoms with E-state index in [9.17, 15) is 0 Å². The number of hydrogen-bond acceptors (Lipinski definition) is 1. The highest BCUT2D eigenvalue weighted by molar-refractivity contribution is 8.93. The van der Waals surface area contributed by atoms with Gasteiger partial charge in [-0.25, -0.2) is 0 Å². The smallest absolute Gasteiger partial charge is 0.0319 e. The lowest BCUT2D eigenvalue weighted by Crippen LogP contribution is -1.76. The normalized spacial score (nSPS) is 7.92. The molecule has 0 atom stereocenters. The molecule has 0 saturated carbocycles. The van der Waals surface area contributed by atoms with Gasteiger partial charge in [0.25, 0.3) is 0 Å². The second-order valence-corrected chi connectivity index (χ2v) is 2.85. The molecule has 0 amide bonds. The van der Waals surface area contributed by atoms with E-state index in [-0.39, 0.29) is 17.0 Å². The molecule has 2 heteroatoms. The van der Waals surface area contributed by atoms with Crippen molar-refractivity contribution in [3.63, 3.8) is 0 Å². The molecular weight excluding hydrogens is 228 g/mol. The van der Waals surface area contributed by atoms with Crippen LogP contribution in [0.3, 0.4) is 0 Å². The van der Waals surface area contributed by atoms with Crippen LogP contribution in [0.1, 0.15) is 51.9 Å². The minimum Gasteiger partial charge on any atom is -0.400 e. The van der Waals surface area contributed by atoms with Gasteiger partial charge in [0.15, 0.2) is 0 Å². The standard InChI is InChI=1S/C10H20.CH4O.BrH/c1-3-5-7-9-10-8-6-4-2;1-2;/h3H,1,4-10H2,2H3;2H,1H3;1H. The van der Waals surface area contributed by atoms with E-state index in [1.54, 1.807) is 0 Å². The van der Waals surface area contributed by atoms with Crippen molar-refractivity contribution >= 4 is 17.0 Å². The van der Waals surface area contributed by atoms with E-state index in [1.165, 1.54) is 44.9 Å². The first-order chi connectivity index (χ1) is 5.91. The van der Waals surface area contributed by atoms with Crippen molar-refractivity contribution in [2.75, 3.05) is 7.11 Å². The van der Waals surface area contributed by atoms with Gasteiger partial charge in [-0.15, -0.1) is 23.6 Å². The number of allylic oxidation sites excluding steroid dienone is 1. The summed E-state index contributed by atoms with van der Waals surface area (Å²) in [6, 6.07) is 0. The van der Waals surface area contributed by atoms with E-state index >= 15 is 0 Å². The SMILES string of the molecule is Br.C=CCCCCCCCC.CO. The van der Waals surface area contributed by atoms with Gasteiger partial charge in [-0.05, 0) is 12.8 Å². The third kappa shape index (κ3) is 24.5. The lowest BCUT2D eigenvalue weighted by molar-refractivity contribution is 0.399. The van der Waals surface area contributed by atoms with Crippen molar-refractivity contribution in [3.8, 4) is 0 Å². The molecular formula is C11H25BrO. The maximum absolute atomic E-state index is 7.00. The zero-order valence-corrected chi connectivity index (χ0v) is 10.8. The third-order valence-electron chi connectivity index (χ3n) is 1.76. The Morgan fingerprint density at radius 1 is 1.00 bits per heavy atom. The van der Waals surface area contributed by atoms with Gasteiger partial charge in [0.05, 0.1) is 0 Å². The Bertz CT molecular complexity index is 74.5. The van der Waals surface area contributed by atoms with Gasteiger partial charge >= 0.3 is 0 Å². The van der Waals surface area contributed by atoms with Crippen molar-refractivity contribution in [1.29, 1.82) is 0 Å². The van der Waals surface area contributed by atoms with E-state index in [0.29, 0.717) is 0 Å². The van der Waals surface area contributed by atoms with E-state index in [2.05, 4.69) is 13.5 Å². The number of aliphatic hydroxyl groups is 1. The molecule has 0 spiro atoms. The Kier molecular flexibility index (Phi) is 33.0. The fraction of sp³-hybridized carbons (Fsp3) is 0.818. The third-order valence-corrected chi connectivity index (χ3v) is 1.76. The molecule has 1 N–H and O–H groups in total. The number of unbranched alkanes of at least 4 members (excludes halogenated alkanes) is 6. The molecule has 0 unspecified atom stereocenters. The predicted octanol–water partition coefficient (Wildman–Crippen LogP) is 4.11. The average molecular weight is 253 g/mol. The summed E-state index contributed by atoms with van der Waals surface area (Å²) >= 11 is 0. The molecule has 1 nitrogen and oxygen atoms in total. The largest absolute Gasteiger partial charge is 0.400 e. The van der Waals surface area contributed by atoms with Gasteiger partial charge in [-0.2, -0.15) is 0 Å². The van der Waals surface area contributed by atoms with Gasteiger partial charge in [-0.1, -0.05) is 45.1 Å². The van der Waals surface area contributed by atoms with Crippen molar-refractivity contribution in [2.45, 2.75) is 51.9 Å². The molecule has 13 heavy (non-hydrogen) atoms. The summed E-state index contributed by atoms with van der Waals surface area (Å²) in [5.41, 5.74) is 0. The van der Waals surface area contributed by atoms with Crippen LogP contribution in [0.15, 0.2) is 12.7 Å². The lowest BCUT2D eigenvalue weighted by atomic mass is 10.1. The quantitative estimate of drug-likeness (QED) is 0.534. The van der Waals surface area contributed by atoms with Crippen molar-refractivity contribution < 1.29 is 5.11 Å². The van der Waals surface area contributed by atoms with Crippen molar-refractivity contribution in [2.24, 2.45) is 0 Å². The predicted molar refractivity (Wildman–Crippen MR) is 66.7 cm³/mol. The lowest BCUT2D eigenvalue weighted by Gasteiger charge is -1.96. The molecule has 0 fully saturated rings. The van der Waals surface area contributed by atoms with E-state index in [1.807, 2.05) is 6.08 Å². The molecule has 0 aliphatic carbocycles. The summed E-state index contributed by atoms with van der Waals surface area (Å²) in [5.74, 6) is 0. The molecule has 0 aromatic carbocycles. The van der Waals surface area contributed by atoms with E-state index in [4.69, 9.17) is 5.11 Å². The molecule has 0 rings (SSSR count). The minimum atomic E-state index is 0. The Hall–Kier alpha value is 0.180. The summed E-state index contributed by atoms with van der Waals surface area (Å²) in [6.45, 7) is 5.95. The molecule has 0 aromatic heterocycles. The topological polar surface area (TPSA) is 20.2 Å². The van der Waals surface area contributed by atoms with Crippen LogP contribution in [0.5, 0.6) is 0 Å². The number of aliphatic hydroxyl groups excluding tert-OH is 1. The van der Waals surface area contributed by atoms with Gasteiger partial charge < -0.3 is 5.11 Å². The van der Waals surface area contributed by atoms with Crippen LogP contribution in [0.2, 0.25) is 0 Å². The molecule has 0 saturated heterocycles. The summed E-state index contributed by atoms with van der Waals surface area (Å²) in [6.07, 6.45) is 11.6. The summed E-state index contributed by atoms with van der Waals surface area (Å²) in [5, 5.41) is 7.00. The molecule has 0 aromatic rings. The fourth-order valence-corrected chi connectivity index (χ4v) is 1.07. The Balaban J connectivity index is -0.000000309. The summed E-state index contributed by atoms with van der Waals surface area (Å²) in [4.78, 5) is 0. The van der Waals surface area contributed by atoms with Gasteiger partial charge in [0, 0.05) is 7.11 Å². The number of hydrogen-bond donors (Lipinski definition) is 1. The molecule has 82 valence electrons. The highest BCUT2D eigenvalue weighted by atomic mass is 79.9. The van der Waals surface area contributed by atoms with Crippen LogP contribution >= 0.6 is 17.0 Å². The van der Waals surface area contributed by atoms with Crippen LogP contribution in [0.4, 0.5) is 0 Å². The van der Waals surface area contributed by atoms with Crippen molar-refractivity contribution in [3.05, 3.63) is 12.7 Å². The van der Waals surface area contributed by atoms with E-state index < -0.39 is 0 Å². The average Bonchev–Trinajstić information content (AvgIpc) is 2.15. The van der Waals surface area contributed by atoms with E-state index in [0.717, 1.165) is 7.11 Å². The second-order valence-electron chi connectivity index (χ2n) is 2.85. The van der Waals surface area contributed by atoms with Gasteiger partial charge in [0.1, 0.15) is 0 Å². The molecule has 0 radical (unpaired) electrons. The molecule has 0 heterocycles. The molecule has 0 aliphatic rings. The Morgan fingerprint density at radius 2 is 1.46 bits per heavy atom. The summed E-state index contributed by atoms with van der Waals surface area (Å²) in [7, 11) is 1.00. The fourth-order valence-electron chi connectivity index (χ4n) is 1.07. The first-order valence-electron chi connectivity index (χ1n) is 4.97. The highest BCUT2D eigenvalue weighted by Crippen LogP contribution is 2.06. The number of rotatable bonds is 7. The van der Waals surface area contributed by atoms with Gasteiger partial charge in [0.2, 0.25) is 0 Å². The first kappa shape index (κ1) is 18.9. The molecule has 0 bridgehead atoms. The minimum absolute atomic E-state index is 0. The van der Waals surface area contributed by atoms with Crippen LogP contribution in [0.25, 0.3) is 0 Å².